The van der Waals surface area contributed by atoms with Crippen LogP contribution in [0.1, 0.15) is 36.2 Å². The number of aromatic nitrogens is 3. The number of hydrogen-bond donors (Lipinski definition) is 1. The van der Waals surface area contributed by atoms with E-state index in [4.69, 9.17) is 10.5 Å². The van der Waals surface area contributed by atoms with Gasteiger partial charge in [0.25, 0.3) is 0 Å². The van der Waals surface area contributed by atoms with Gasteiger partial charge in [0.1, 0.15) is 11.6 Å². The summed E-state index contributed by atoms with van der Waals surface area (Å²) in [4.78, 5) is 11.0. The van der Waals surface area contributed by atoms with Crippen molar-refractivity contribution in [3.05, 3.63) is 65.5 Å². The summed E-state index contributed by atoms with van der Waals surface area (Å²) in [5.74, 6) is 2.19. The molecule has 0 aliphatic carbocycles. The maximum Gasteiger partial charge on any atom is 0.217 e. The smallest absolute Gasteiger partial charge is 0.217 e. The fourth-order valence-corrected chi connectivity index (χ4v) is 4.01. The zero-order chi connectivity index (χ0) is 20.6. The first-order chi connectivity index (χ1) is 14.1. The van der Waals surface area contributed by atoms with E-state index in [1.165, 1.54) is 11.1 Å². The van der Waals surface area contributed by atoms with Crippen LogP contribution >= 0.6 is 11.8 Å². The van der Waals surface area contributed by atoms with Crippen LogP contribution in [0.5, 0.6) is 5.75 Å². The van der Waals surface area contributed by atoms with Crippen LogP contribution in [0.15, 0.2) is 53.7 Å². The average molecular weight is 411 g/mol. The van der Waals surface area contributed by atoms with Crippen molar-refractivity contribution >= 4 is 17.7 Å². The van der Waals surface area contributed by atoms with Crippen LogP contribution in [0.25, 0.3) is 5.69 Å². The number of unbranched alkanes of at least 4 members (excludes halogenated alkanes) is 1. The van der Waals surface area contributed by atoms with Crippen LogP contribution in [-0.2, 0) is 17.0 Å². The third kappa shape index (κ3) is 5.84. The van der Waals surface area contributed by atoms with E-state index in [0.29, 0.717) is 6.42 Å². The predicted molar refractivity (Wildman–Crippen MR) is 115 cm³/mol. The highest BCUT2D eigenvalue weighted by atomic mass is 32.2. The molecule has 0 saturated heterocycles. The summed E-state index contributed by atoms with van der Waals surface area (Å²) in [6.45, 7) is 2.09. The summed E-state index contributed by atoms with van der Waals surface area (Å²) in [6.07, 6.45) is 2.68. The maximum atomic E-state index is 11.0. The zero-order valence-electron chi connectivity index (χ0n) is 16.8. The zero-order valence-corrected chi connectivity index (χ0v) is 17.6. The molecule has 1 heterocycles. The molecule has 2 aromatic carbocycles. The minimum atomic E-state index is -0.270. The maximum absolute atomic E-state index is 11.0. The molecule has 0 unspecified atom stereocenters. The topological polar surface area (TPSA) is 83.0 Å². The van der Waals surface area contributed by atoms with Gasteiger partial charge in [0.15, 0.2) is 5.16 Å². The molecule has 29 heavy (non-hydrogen) atoms. The van der Waals surface area contributed by atoms with Crippen molar-refractivity contribution in [2.75, 3.05) is 7.11 Å². The largest absolute Gasteiger partial charge is 0.497 e. The first-order valence-electron chi connectivity index (χ1n) is 9.62. The van der Waals surface area contributed by atoms with E-state index in [2.05, 4.69) is 46.0 Å². The SMILES string of the molecule is COc1cccc(-n2c(CCCCC(N)=O)nnc2SCc2cccc(C)c2)c1. The summed E-state index contributed by atoms with van der Waals surface area (Å²) in [7, 11) is 1.66. The van der Waals surface area contributed by atoms with Gasteiger partial charge in [0.2, 0.25) is 5.91 Å². The number of carbonyl (C=O) groups is 1. The molecule has 0 radical (unpaired) electrons. The summed E-state index contributed by atoms with van der Waals surface area (Å²) in [6, 6.07) is 16.3. The molecule has 0 aliphatic rings. The van der Waals surface area contributed by atoms with E-state index in [-0.39, 0.29) is 5.91 Å². The van der Waals surface area contributed by atoms with Crippen LogP contribution in [-0.4, -0.2) is 27.8 Å². The number of amides is 1. The van der Waals surface area contributed by atoms with Crippen LogP contribution in [0.2, 0.25) is 0 Å². The van der Waals surface area contributed by atoms with E-state index in [1.807, 2.05) is 24.3 Å². The van der Waals surface area contributed by atoms with Crippen LogP contribution in [0.4, 0.5) is 0 Å². The minimum Gasteiger partial charge on any atom is -0.497 e. The molecule has 7 heteroatoms. The number of carbonyl (C=O) groups excluding carboxylic acids is 1. The van der Waals surface area contributed by atoms with Gasteiger partial charge in [-0.25, -0.2) is 0 Å². The number of rotatable bonds is 10. The van der Waals surface area contributed by atoms with Gasteiger partial charge in [-0.2, -0.15) is 0 Å². The monoisotopic (exact) mass is 410 g/mol. The Bertz CT molecular complexity index is 971. The Morgan fingerprint density at radius 1 is 1.14 bits per heavy atom. The van der Waals surface area contributed by atoms with Crippen LogP contribution < -0.4 is 10.5 Å². The Kier molecular flexibility index (Phi) is 7.30. The second-order valence-corrected chi connectivity index (χ2v) is 7.83. The second-order valence-electron chi connectivity index (χ2n) is 6.89. The van der Waals surface area contributed by atoms with Crippen LogP contribution in [0.3, 0.4) is 0 Å². The Morgan fingerprint density at radius 2 is 1.97 bits per heavy atom. The first-order valence-corrected chi connectivity index (χ1v) is 10.6. The highest BCUT2D eigenvalue weighted by Gasteiger charge is 2.15. The van der Waals surface area contributed by atoms with E-state index in [9.17, 15) is 4.79 Å². The molecule has 0 atom stereocenters. The lowest BCUT2D eigenvalue weighted by molar-refractivity contribution is -0.118. The molecule has 2 N–H and O–H groups in total. The predicted octanol–water partition coefficient (Wildman–Crippen LogP) is 4.07. The molecular formula is C22H26N4O2S. The molecule has 3 rings (SSSR count). The Hall–Kier alpha value is -2.80. The van der Waals surface area contributed by atoms with E-state index in [0.717, 1.165) is 47.4 Å². The number of nitrogens with zero attached hydrogens (tertiary/aromatic N) is 3. The molecule has 152 valence electrons. The minimum absolute atomic E-state index is 0.270. The highest BCUT2D eigenvalue weighted by Crippen LogP contribution is 2.27. The Morgan fingerprint density at radius 3 is 2.72 bits per heavy atom. The third-order valence-electron chi connectivity index (χ3n) is 4.54. The van der Waals surface area contributed by atoms with Crippen LogP contribution in [0, 0.1) is 6.92 Å². The summed E-state index contributed by atoms with van der Waals surface area (Å²) in [5.41, 5.74) is 8.70. The van der Waals surface area contributed by atoms with Crippen molar-refractivity contribution in [2.24, 2.45) is 5.73 Å². The molecule has 0 fully saturated rings. The van der Waals surface area contributed by atoms with Gasteiger partial charge < -0.3 is 10.5 Å². The van der Waals surface area contributed by atoms with Crippen molar-refractivity contribution < 1.29 is 9.53 Å². The number of primary amides is 1. The number of benzene rings is 2. The van der Waals surface area contributed by atoms with Gasteiger partial charge in [0, 0.05) is 24.7 Å². The van der Waals surface area contributed by atoms with Crippen molar-refractivity contribution in [2.45, 2.75) is 43.5 Å². The fourth-order valence-electron chi connectivity index (χ4n) is 3.10. The number of nitrogens with two attached hydrogens (primary N) is 1. The lowest BCUT2D eigenvalue weighted by Crippen LogP contribution is -2.10. The number of aryl methyl sites for hydroxylation is 2. The normalized spacial score (nSPS) is 10.8. The molecule has 0 bridgehead atoms. The van der Waals surface area contributed by atoms with Crippen molar-refractivity contribution in [1.29, 1.82) is 0 Å². The van der Waals surface area contributed by atoms with Gasteiger partial charge in [-0.1, -0.05) is 47.7 Å². The van der Waals surface area contributed by atoms with Gasteiger partial charge in [-0.3, -0.25) is 9.36 Å². The van der Waals surface area contributed by atoms with Gasteiger partial charge in [-0.05, 0) is 37.5 Å². The van der Waals surface area contributed by atoms with Crippen molar-refractivity contribution in [3.63, 3.8) is 0 Å². The molecule has 0 saturated carbocycles. The van der Waals surface area contributed by atoms with Gasteiger partial charge >= 0.3 is 0 Å². The fraction of sp³-hybridized carbons (Fsp3) is 0.318. The molecule has 0 spiro atoms. The number of hydrogen-bond acceptors (Lipinski definition) is 5. The average Bonchev–Trinajstić information content (AvgIpc) is 3.12. The van der Waals surface area contributed by atoms with Crippen molar-refractivity contribution in [1.82, 2.24) is 14.8 Å². The first kappa shape index (κ1) is 20.9. The number of ether oxygens (including phenoxy) is 1. The van der Waals surface area contributed by atoms with Crippen molar-refractivity contribution in [3.8, 4) is 11.4 Å². The molecule has 6 nitrogen and oxygen atoms in total. The standard InChI is InChI=1S/C22H26N4O2S/c1-16-7-5-8-17(13-16)15-29-22-25-24-21(12-4-3-11-20(23)27)26(22)18-9-6-10-19(14-18)28-2/h5-10,13-14H,3-4,11-12,15H2,1-2H3,(H2,23,27). The summed E-state index contributed by atoms with van der Waals surface area (Å²) < 4.78 is 7.46. The molecule has 3 aromatic rings. The molecule has 1 amide bonds. The highest BCUT2D eigenvalue weighted by molar-refractivity contribution is 7.98. The van der Waals surface area contributed by atoms with Gasteiger partial charge in [0.05, 0.1) is 12.8 Å². The second kappa shape index (κ2) is 10.1. The molecule has 1 aromatic heterocycles. The number of thioether (sulfide) groups is 1. The quantitative estimate of drug-likeness (QED) is 0.402. The Balaban J connectivity index is 1.83. The lowest BCUT2D eigenvalue weighted by atomic mass is 10.2. The lowest BCUT2D eigenvalue weighted by Gasteiger charge is -2.11. The summed E-state index contributed by atoms with van der Waals surface area (Å²) >= 11 is 1.66. The van der Waals surface area contributed by atoms with E-state index < -0.39 is 0 Å². The van der Waals surface area contributed by atoms with E-state index in [1.54, 1.807) is 18.9 Å². The third-order valence-corrected chi connectivity index (χ3v) is 5.54. The molecule has 0 aliphatic heterocycles. The Labute approximate surface area is 175 Å². The van der Waals surface area contributed by atoms with Gasteiger partial charge in [-0.15, -0.1) is 10.2 Å². The summed E-state index contributed by atoms with van der Waals surface area (Å²) in [5, 5.41) is 9.71. The number of methoxy groups -OCH3 is 1. The molecular weight excluding hydrogens is 384 g/mol. The van der Waals surface area contributed by atoms with E-state index >= 15 is 0 Å².